The van der Waals surface area contributed by atoms with Gasteiger partial charge in [-0.15, -0.1) is 0 Å². The molecule has 2 N–H and O–H groups in total. The Morgan fingerprint density at radius 1 is 1.33 bits per heavy atom. The van der Waals surface area contributed by atoms with E-state index in [9.17, 15) is 4.79 Å². The highest BCUT2D eigenvalue weighted by Crippen LogP contribution is 2.50. The Labute approximate surface area is 112 Å². The van der Waals surface area contributed by atoms with E-state index < -0.39 is 0 Å². The second-order valence-electron chi connectivity index (χ2n) is 5.39. The SMILES string of the molecule is N[C@@H]1CCN(C(=O)C2(c3ccc(Cl)cc3)CC2)C1. The molecule has 2 aliphatic rings. The molecule has 1 aliphatic heterocycles. The van der Waals surface area contributed by atoms with Crippen molar-refractivity contribution in [1.29, 1.82) is 0 Å². The van der Waals surface area contributed by atoms with Gasteiger partial charge in [0.05, 0.1) is 5.41 Å². The van der Waals surface area contributed by atoms with Gasteiger partial charge in [-0.05, 0) is 37.0 Å². The number of nitrogens with zero attached hydrogens (tertiary/aromatic N) is 1. The molecule has 1 aromatic rings. The van der Waals surface area contributed by atoms with Crippen LogP contribution in [0.25, 0.3) is 0 Å². The lowest BCUT2D eigenvalue weighted by Gasteiger charge is -2.23. The lowest BCUT2D eigenvalue weighted by Crippen LogP contribution is -2.39. The Morgan fingerprint density at radius 3 is 2.50 bits per heavy atom. The minimum absolute atomic E-state index is 0.148. The molecule has 0 radical (unpaired) electrons. The van der Waals surface area contributed by atoms with Crippen molar-refractivity contribution < 1.29 is 4.79 Å². The number of carbonyl (C=O) groups excluding carboxylic acids is 1. The van der Waals surface area contributed by atoms with Crippen molar-refractivity contribution in [2.75, 3.05) is 13.1 Å². The molecule has 1 saturated heterocycles. The minimum Gasteiger partial charge on any atom is -0.340 e. The number of rotatable bonds is 2. The second kappa shape index (κ2) is 4.25. The first-order valence-electron chi connectivity index (χ1n) is 6.43. The maximum Gasteiger partial charge on any atom is 0.233 e. The summed E-state index contributed by atoms with van der Waals surface area (Å²) in [5.74, 6) is 0.248. The molecule has 1 heterocycles. The first kappa shape index (κ1) is 12.0. The van der Waals surface area contributed by atoms with E-state index in [4.69, 9.17) is 17.3 Å². The molecule has 1 atom stereocenters. The van der Waals surface area contributed by atoms with Crippen molar-refractivity contribution in [1.82, 2.24) is 4.90 Å². The van der Waals surface area contributed by atoms with Gasteiger partial charge in [-0.25, -0.2) is 0 Å². The Balaban J connectivity index is 1.82. The molecule has 0 unspecified atom stereocenters. The Hall–Kier alpha value is -1.06. The number of nitrogens with two attached hydrogens (primary N) is 1. The third kappa shape index (κ3) is 1.91. The van der Waals surface area contributed by atoms with E-state index in [1.54, 1.807) is 0 Å². The summed E-state index contributed by atoms with van der Waals surface area (Å²) in [5.41, 5.74) is 6.69. The van der Waals surface area contributed by atoms with Gasteiger partial charge in [-0.2, -0.15) is 0 Å². The van der Waals surface area contributed by atoms with Crippen LogP contribution >= 0.6 is 11.6 Å². The van der Waals surface area contributed by atoms with E-state index in [-0.39, 0.29) is 17.4 Å². The molecule has 1 saturated carbocycles. The first-order chi connectivity index (χ1) is 8.62. The largest absolute Gasteiger partial charge is 0.340 e. The maximum absolute atomic E-state index is 12.6. The van der Waals surface area contributed by atoms with Gasteiger partial charge in [0.25, 0.3) is 0 Å². The quantitative estimate of drug-likeness (QED) is 0.887. The standard InChI is InChI=1S/C14H17ClN2O/c15-11-3-1-10(2-4-11)14(6-7-14)13(18)17-8-5-12(16)9-17/h1-4,12H,5-9,16H2/t12-/m1/s1. The van der Waals surface area contributed by atoms with Crippen LogP contribution in [-0.2, 0) is 10.2 Å². The van der Waals surface area contributed by atoms with E-state index in [0.29, 0.717) is 11.6 Å². The van der Waals surface area contributed by atoms with Crippen molar-refractivity contribution in [3.05, 3.63) is 34.9 Å². The normalized spacial score (nSPS) is 25.2. The van der Waals surface area contributed by atoms with Crippen LogP contribution < -0.4 is 5.73 Å². The smallest absolute Gasteiger partial charge is 0.233 e. The van der Waals surface area contributed by atoms with Crippen LogP contribution in [0.4, 0.5) is 0 Å². The van der Waals surface area contributed by atoms with Crippen LogP contribution in [0.15, 0.2) is 24.3 Å². The molecular formula is C14H17ClN2O. The third-order valence-electron chi connectivity index (χ3n) is 4.07. The van der Waals surface area contributed by atoms with Gasteiger partial charge < -0.3 is 10.6 Å². The number of hydrogen-bond donors (Lipinski definition) is 1. The van der Waals surface area contributed by atoms with Crippen molar-refractivity contribution in [3.8, 4) is 0 Å². The van der Waals surface area contributed by atoms with Gasteiger partial charge in [0.1, 0.15) is 0 Å². The Morgan fingerprint density at radius 2 is 2.00 bits per heavy atom. The van der Waals surface area contributed by atoms with E-state index in [2.05, 4.69) is 0 Å². The van der Waals surface area contributed by atoms with E-state index in [0.717, 1.165) is 31.4 Å². The van der Waals surface area contributed by atoms with Crippen molar-refractivity contribution in [3.63, 3.8) is 0 Å². The molecule has 1 aliphatic carbocycles. The number of likely N-dealkylation sites (tertiary alicyclic amines) is 1. The van der Waals surface area contributed by atoms with Gasteiger partial charge in [0.15, 0.2) is 0 Å². The third-order valence-corrected chi connectivity index (χ3v) is 4.32. The zero-order valence-corrected chi connectivity index (χ0v) is 11.0. The minimum atomic E-state index is -0.283. The number of carbonyl (C=O) groups is 1. The van der Waals surface area contributed by atoms with Gasteiger partial charge in [0.2, 0.25) is 5.91 Å². The zero-order chi connectivity index (χ0) is 12.8. The average Bonchev–Trinajstić information content (AvgIpc) is 3.06. The van der Waals surface area contributed by atoms with Gasteiger partial charge in [-0.3, -0.25) is 4.79 Å². The molecule has 0 spiro atoms. The molecule has 0 bridgehead atoms. The van der Waals surface area contributed by atoms with Crippen molar-refractivity contribution >= 4 is 17.5 Å². The molecule has 2 fully saturated rings. The fourth-order valence-electron chi connectivity index (χ4n) is 2.79. The van der Waals surface area contributed by atoms with E-state index in [1.807, 2.05) is 29.2 Å². The predicted molar refractivity (Wildman–Crippen MR) is 71.5 cm³/mol. The molecule has 3 nitrogen and oxygen atoms in total. The van der Waals surface area contributed by atoms with Crippen LogP contribution in [0.1, 0.15) is 24.8 Å². The van der Waals surface area contributed by atoms with Crippen molar-refractivity contribution in [2.24, 2.45) is 5.73 Å². The summed E-state index contributed by atoms with van der Waals surface area (Å²) in [6.45, 7) is 1.50. The summed E-state index contributed by atoms with van der Waals surface area (Å²) in [7, 11) is 0. The molecule has 1 aromatic carbocycles. The van der Waals surface area contributed by atoms with E-state index in [1.165, 1.54) is 0 Å². The number of hydrogen-bond acceptors (Lipinski definition) is 2. The van der Waals surface area contributed by atoms with E-state index >= 15 is 0 Å². The van der Waals surface area contributed by atoms with Crippen LogP contribution in [0.3, 0.4) is 0 Å². The predicted octanol–water partition coefficient (Wildman–Crippen LogP) is 1.93. The van der Waals surface area contributed by atoms with Crippen LogP contribution in [0.2, 0.25) is 5.02 Å². The summed E-state index contributed by atoms with van der Waals surface area (Å²) < 4.78 is 0. The topological polar surface area (TPSA) is 46.3 Å². The molecule has 3 rings (SSSR count). The summed E-state index contributed by atoms with van der Waals surface area (Å²) in [5, 5.41) is 0.713. The van der Waals surface area contributed by atoms with Crippen LogP contribution in [-0.4, -0.2) is 29.9 Å². The molecule has 1 amide bonds. The summed E-state index contributed by atoms with van der Waals surface area (Å²) in [6, 6.07) is 7.82. The molecule has 18 heavy (non-hydrogen) atoms. The molecule has 4 heteroatoms. The van der Waals surface area contributed by atoms with Crippen molar-refractivity contribution in [2.45, 2.75) is 30.7 Å². The Bertz CT molecular complexity index is 467. The number of amides is 1. The lowest BCUT2D eigenvalue weighted by atomic mass is 9.94. The highest BCUT2D eigenvalue weighted by Gasteiger charge is 2.53. The van der Waals surface area contributed by atoms with Crippen LogP contribution in [0, 0.1) is 0 Å². The van der Waals surface area contributed by atoms with Gasteiger partial charge >= 0.3 is 0 Å². The van der Waals surface area contributed by atoms with Gasteiger partial charge in [-0.1, -0.05) is 23.7 Å². The first-order valence-corrected chi connectivity index (χ1v) is 6.81. The number of halogens is 1. The van der Waals surface area contributed by atoms with Gasteiger partial charge in [0, 0.05) is 24.2 Å². The highest BCUT2D eigenvalue weighted by atomic mass is 35.5. The maximum atomic E-state index is 12.6. The zero-order valence-electron chi connectivity index (χ0n) is 10.2. The summed E-state index contributed by atoms with van der Waals surface area (Å²) in [6.07, 6.45) is 2.81. The monoisotopic (exact) mass is 264 g/mol. The summed E-state index contributed by atoms with van der Waals surface area (Å²) >= 11 is 5.90. The molecular weight excluding hydrogens is 248 g/mol. The van der Waals surface area contributed by atoms with Crippen LogP contribution in [0.5, 0.6) is 0 Å². The highest BCUT2D eigenvalue weighted by molar-refractivity contribution is 6.30. The number of benzene rings is 1. The Kier molecular flexibility index (Phi) is 2.83. The average molecular weight is 265 g/mol. The lowest BCUT2D eigenvalue weighted by molar-refractivity contribution is -0.132. The molecule has 0 aromatic heterocycles. The fourth-order valence-corrected chi connectivity index (χ4v) is 2.92. The second-order valence-corrected chi connectivity index (χ2v) is 5.83. The summed E-state index contributed by atoms with van der Waals surface area (Å²) in [4.78, 5) is 14.5. The fraction of sp³-hybridized carbons (Fsp3) is 0.500. The molecule has 96 valence electrons.